The number of aryl methyl sites for hydroxylation is 1. The smallest absolute Gasteiger partial charge is 0.164 e. The van der Waals surface area contributed by atoms with Gasteiger partial charge in [-0.15, -0.1) is 11.3 Å². The molecule has 1 aromatic carbocycles. The van der Waals surface area contributed by atoms with Gasteiger partial charge in [-0.2, -0.15) is 0 Å². The van der Waals surface area contributed by atoms with Crippen molar-refractivity contribution in [3.8, 4) is 0 Å². The molecule has 2 nitrogen and oxygen atoms in total. The summed E-state index contributed by atoms with van der Waals surface area (Å²) in [7, 11) is 2.08. The van der Waals surface area contributed by atoms with Crippen LogP contribution in [0.1, 0.15) is 40.2 Å². The monoisotopic (exact) mass is 287 g/mol. The molecule has 1 heterocycles. The molecule has 0 saturated heterocycles. The third-order valence-corrected chi connectivity index (χ3v) is 4.72. The van der Waals surface area contributed by atoms with E-state index in [9.17, 15) is 4.79 Å². The number of hydrogen-bond acceptors (Lipinski definition) is 3. The second-order valence-corrected chi connectivity index (χ2v) is 6.19. The van der Waals surface area contributed by atoms with Crippen LogP contribution in [0.4, 0.5) is 0 Å². The number of carbonyl (C=O) groups excluding carboxylic acids is 1. The minimum Gasteiger partial charge on any atom is -0.298 e. The van der Waals surface area contributed by atoms with E-state index in [4.69, 9.17) is 0 Å². The van der Waals surface area contributed by atoms with E-state index < -0.39 is 0 Å². The van der Waals surface area contributed by atoms with E-state index >= 15 is 0 Å². The number of hydrogen-bond donors (Lipinski definition) is 0. The quantitative estimate of drug-likeness (QED) is 0.737. The van der Waals surface area contributed by atoms with E-state index in [1.165, 1.54) is 10.4 Å². The van der Waals surface area contributed by atoms with Gasteiger partial charge < -0.3 is 0 Å². The zero-order chi connectivity index (χ0) is 14.5. The molecule has 1 atom stereocenters. The van der Waals surface area contributed by atoms with Crippen LogP contribution in [0.15, 0.2) is 41.8 Å². The molecule has 2 aromatic rings. The summed E-state index contributed by atoms with van der Waals surface area (Å²) in [5.41, 5.74) is 2.00. The molecule has 0 fully saturated rings. The molecular weight excluding hydrogens is 266 g/mol. The highest BCUT2D eigenvalue weighted by Gasteiger charge is 2.14. The summed E-state index contributed by atoms with van der Waals surface area (Å²) in [4.78, 5) is 15.7. The van der Waals surface area contributed by atoms with E-state index in [0.717, 1.165) is 12.1 Å². The van der Waals surface area contributed by atoms with Crippen LogP contribution in [0, 0.1) is 6.92 Å². The Bertz CT molecular complexity index is 545. The van der Waals surface area contributed by atoms with Gasteiger partial charge >= 0.3 is 0 Å². The molecule has 0 N–H and O–H groups in total. The van der Waals surface area contributed by atoms with E-state index in [-0.39, 0.29) is 5.78 Å². The van der Waals surface area contributed by atoms with Crippen molar-refractivity contribution < 1.29 is 4.79 Å². The maximum absolute atomic E-state index is 12.1. The van der Waals surface area contributed by atoms with Crippen molar-refractivity contribution in [2.75, 3.05) is 13.6 Å². The molecule has 0 spiro atoms. The van der Waals surface area contributed by atoms with Gasteiger partial charge in [-0.1, -0.05) is 35.9 Å². The number of Topliss-reactive ketones (excluding diaryl/α,β-unsaturated/α-hetero) is 1. The zero-order valence-electron chi connectivity index (χ0n) is 12.3. The van der Waals surface area contributed by atoms with E-state index in [1.54, 1.807) is 11.3 Å². The van der Waals surface area contributed by atoms with Crippen LogP contribution >= 0.6 is 11.3 Å². The number of ketones is 1. The maximum atomic E-state index is 12.1. The molecule has 3 heteroatoms. The highest BCUT2D eigenvalue weighted by atomic mass is 32.1. The van der Waals surface area contributed by atoms with E-state index in [2.05, 4.69) is 36.4 Å². The molecule has 0 aliphatic heterocycles. The van der Waals surface area contributed by atoms with Gasteiger partial charge in [0, 0.05) is 29.4 Å². The number of thiophene rings is 1. The summed E-state index contributed by atoms with van der Waals surface area (Å²) in [6.45, 7) is 5.00. The molecule has 0 bridgehead atoms. The Morgan fingerprint density at radius 3 is 2.55 bits per heavy atom. The van der Waals surface area contributed by atoms with Crippen LogP contribution < -0.4 is 0 Å². The van der Waals surface area contributed by atoms with Crippen molar-refractivity contribution in [3.05, 3.63) is 57.8 Å². The SMILES string of the molecule is Cc1ccc(C(=O)CCN(C)C(C)c2cccs2)cc1. The first-order valence-electron chi connectivity index (χ1n) is 6.91. The van der Waals surface area contributed by atoms with Gasteiger partial charge in [0.2, 0.25) is 0 Å². The largest absolute Gasteiger partial charge is 0.298 e. The van der Waals surface area contributed by atoms with Gasteiger partial charge in [0.25, 0.3) is 0 Å². The molecule has 1 aromatic heterocycles. The average Bonchev–Trinajstić information content (AvgIpc) is 2.98. The fraction of sp³-hybridized carbons (Fsp3) is 0.353. The van der Waals surface area contributed by atoms with E-state index in [0.29, 0.717) is 12.5 Å². The summed E-state index contributed by atoms with van der Waals surface area (Å²) in [6.07, 6.45) is 0.565. The summed E-state index contributed by atoms with van der Waals surface area (Å²) < 4.78 is 0. The van der Waals surface area contributed by atoms with Crippen LogP contribution in [-0.2, 0) is 0 Å². The lowest BCUT2D eigenvalue weighted by Gasteiger charge is -2.23. The Balaban J connectivity index is 1.88. The Morgan fingerprint density at radius 2 is 1.95 bits per heavy atom. The maximum Gasteiger partial charge on any atom is 0.164 e. The van der Waals surface area contributed by atoms with E-state index in [1.807, 2.05) is 31.2 Å². The number of nitrogens with zero attached hydrogens (tertiary/aromatic N) is 1. The van der Waals surface area contributed by atoms with Crippen LogP contribution in [0.2, 0.25) is 0 Å². The molecule has 0 aliphatic rings. The van der Waals surface area contributed by atoms with Crippen molar-refractivity contribution in [2.24, 2.45) is 0 Å². The predicted octanol–water partition coefficient (Wildman–Crippen LogP) is 4.32. The average molecular weight is 287 g/mol. The van der Waals surface area contributed by atoms with Crippen LogP contribution in [0.3, 0.4) is 0 Å². The molecule has 0 saturated carbocycles. The number of benzene rings is 1. The molecule has 0 aliphatic carbocycles. The first-order valence-corrected chi connectivity index (χ1v) is 7.79. The third-order valence-electron chi connectivity index (χ3n) is 3.68. The summed E-state index contributed by atoms with van der Waals surface area (Å²) in [6, 6.07) is 12.4. The van der Waals surface area contributed by atoms with Crippen LogP contribution in [0.25, 0.3) is 0 Å². The van der Waals surface area contributed by atoms with Gasteiger partial charge in [0.15, 0.2) is 5.78 Å². The fourth-order valence-corrected chi connectivity index (χ4v) is 2.95. The van der Waals surface area contributed by atoms with Crippen LogP contribution in [-0.4, -0.2) is 24.3 Å². The van der Waals surface area contributed by atoms with Crippen LogP contribution in [0.5, 0.6) is 0 Å². The Labute approximate surface area is 125 Å². The Hall–Kier alpha value is -1.45. The van der Waals surface area contributed by atoms with Gasteiger partial charge in [0.05, 0.1) is 0 Å². The summed E-state index contributed by atoms with van der Waals surface area (Å²) in [5, 5.41) is 2.09. The molecule has 0 radical (unpaired) electrons. The van der Waals surface area contributed by atoms with Gasteiger partial charge in [-0.3, -0.25) is 9.69 Å². The minimum absolute atomic E-state index is 0.218. The number of carbonyl (C=O) groups is 1. The van der Waals surface area contributed by atoms with Gasteiger partial charge in [-0.25, -0.2) is 0 Å². The number of rotatable bonds is 6. The minimum atomic E-state index is 0.218. The zero-order valence-corrected chi connectivity index (χ0v) is 13.1. The molecule has 106 valence electrons. The Morgan fingerprint density at radius 1 is 1.25 bits per heavy atom. The second-order valence-electron chi connectivity index (χ2n) is 5.21. The fourth-order valence-electron chi connectivity index (χ4n) is 2.10. The normalized spacial score (nSPS) is 12.6. The lowest BCUT2D eigenvalue weighted by molar-refractivity contribution is 0.0962. The highest BCUT2D eigenvalue weighted by Crippen LogP contribution is 2.23. The molecule has 20 heavy (non-hydrogen) atoms. The Kier molecular flexibility index (Phi) is 5.10. The highest BCUT2D eigenvalue weighted by molar-refractivity contribution is 7.10. The first-order chi connectivity index (χ1) is 9.58. The van der Waals surface area contributed by atoms with Crippen molar-refractivity contribution >= 4 is 17.1 Å². The van der Waals surface area contributed by atoms with Gasteiger partial charge in [0.1, 0.15) is 0 Å². The molecular formula is C17H21NOS. The second kappa shape index (κ2) is 6.82. The topological polar surface area (TPSA) is 20.3 Å². The third kappa shape index (κ3) is 3.78. The summed E-state index contributed by atoms with van der Waals surface area (Å²) >= 11 is 1.76. The standard InChI is InChI=1S/C17H21NOS/c1-13-6-8-15(9-7-13)16(19)10-11-18(3)14(2)17-5-4-12-20-17/h4-9,12,14H,10-11H2,1-3H3. The first kappa shape index (κ1) is 14.9. The predicted molar refractivity (Wildman–Crippen MR) is 85.5 cm³/mol. The van der Waals surface area contributed by atoms with Gasteiger partial charge in [-0.05, 0) is 32.3 Å². The molecule has 2 rings (SSSR count). The van der Waals surface area contributed by atoms with Crippen molar-refractivity contribution in [3.63, 3.8) is 0 Å². The molecule has 1 unspecified atom stereocenters. The molecule has 0 amide bonds. The lowest BCUT2D eigenvalue weighted by Crippen LogP contribution is -2.24. The van der Waals surface area contributed by atoms with Crippen molar-refractivity contribution in [2.45, 2.75) is 26.3 Å². The van der Waals surface area contributed by atoms with Crippen molar-refractivity contribution in [1.29, 1.82) is 0 Å². The van der Waals surface area contributed by atoms with Crippen molar-refractivity contribution in [1.82, 2.24) is 4.90 Å². The lowest BCUT2D eigenvalue weighted by atomic mass is 10.1. The summed E-state index contributed by atoms with van der Waals surface area (Å²) in [5.74, 6) is 0.218.